The predicted molar refractivity (Wildman–Crippen MR) is 53.4 cm³/mol. The van der Waals surface area contributed by atoms with Crippen LogP contribution in [0.1, 0.15) is 13.3 Å². The molecule has 0 amide bonds. The van der Waals surface area contributed by atoms with Gasteiger partial charge in [0.05, 0.1) is 24.2 Å². The number of pyridine rings is 1. The van der Waals surface area contributed by atoms with Crippen molar-refractivity contribution < 1.29 is 5.11 Å². The van der Waals surface area contributed by atoms with Crippen LogP contribution in [-0.4, -0.2) is 22.7 Å². The lowest BCUT2D eigenvalue weighted by Gasteiger charge is -2.14. The summed E-state index contributed by atoms with van der Waals surface area (Å²) in [5, 5.41) is 12.1. The Balaban J connectivity index is 2.62. The molecule has 1 heterocycles. The lowest BCUT2D eigenvalue weighted by Crippen LogP contribution is -2.22. The summed E-state index contributed by atoms with van der Waals surface area (Å²) in [4.78, 5) is 3.94. The molecule has 1 unspecified atom stereocenters. The van der Waals surface area contributed by atoms with Crippen LogP contribution in [0.5, 0.6) is 0 Å². The Bertz CT molecular complexity index is 261. The first-order chi connectivity index (χ1) is 6.26. The first-order valence-corrected chi connectivity index (χ1v) is 4.34. The van der Waals surface area contributed by atoms with Crippen molar-refractivity contribution in [2.45, 2.75) is 19.4 Å². The first-order valence-electron chi connectivity index (χ1n) is 4.34. The number of aliphatic hydroxyl groups excluding tert-OH is 1. The van der Waals surface area contributed by atoms with Gasteiger partial charge < -0.3 is 16.2 Å². The molecule has 72 valence electrons. The molecular formula is C9H15N3O. The highest BCUT2D eigenvalue weighted by molar-refractivity contribution is 5.51. The Labute approximate surface area is 77.8 Å². The van der Waals surface area contributed by atoms with E-state index in [0.717, 1.165) is 12.1 Å². The zero-order valence-corrected chi connectivity index (χ0v) is 7.70. The van der Waals surface area contributed by atoms with E-state index >= 15 is 0 Å². The fraction of sp³-hybridized carbons (Fsp3) is 0.444. The molecule has 0 aliphatic heterocycles. The fourth-order valence-electron chi connectivity index (χ4n) is 1.05. The molecule has 1 aromatic rings. The van der Waals surface area contributed by atoms with E-state index in [1.54, 1.807) is 18.5 Å². The van der Waals surface area contributed by atoms with Gasteiger partial charge in [-0.2, -0.15) is 0 Å². The monoisotopic (exact) mass is 181 g/mol. The van der Waals surface area contributed by atoms with Crippen LogP contribution >= 0.6 is 0 Å². The van der Waals surface area contributed by atoms with E-state index in [1.807, 2.05) is 6.92 Å². The van der Waals surface area contributed by atoms with Crippen molar-refractivity contribution in [2.75, 3.05) is 17.7 Å². The molecule has 4 N–H and O–H groups in total. The van der Waals surface area contributed by atoms with Gasteiger partial charge in [-0.25, -0.2) is 0 Å². The lowest BCUT2D eigenvalue weighted by molar-refractivity contribution is 0.272. The van der Waals surface area contributed by atoms with Crippen molar-refractivity contribution in [3.05, 3.63) is 18.5 Å². The number of rotatable bonds is 4. The van der Waals surface area contributed by atoms with Crippen LogP contribution in [0, 0.1) is 0 Å². The number of nitrogens with zero attached hydrogens (tertiary/aromatic N) is 1. The van der Waals surface area contributed by atoms with Gasteiger partial charge in [-0.15, -0.1) is 0 Å². The van der Waals surface area contributed by atoms with Gasteiger partial charge in [0.25, 0.3) is 0 Å². The second-order valence-corrected chi connectivity index (χ2v) is 2.94. The molecule has 0 bridgehead atoms. The van der Waals surface area contributed by atoms with Gasteiger partial charge >= 0.3 is 0 Å². The van der Waals surface area contributed by atoms with Crippen molar-refractivity contribution in [3.63, 3.8) is 0 Å². The van der Waals surface area contributed by atoms with E-state index in [1.165, 1.54) is 0 Å². The zero-order valence-electron chi connectivity index (χ0n) is 7.70. The molecule has 0 aromatic carbocycles. The average molecular weight is 181 g/mol. The molecule has 1 rings (SSSR count). The molecule has 4 heteroatoms. The smallest absolute Gasteiger partial charge is 0.0632 e. The summed E-state index contributed by atoms with van der Waals surface area (Å²) in [7, 11) is 0. The molecule has 4 nitrogen and oxygen atoms in total. The third kappa shape index (κ3) is 2.91. The first kappa shape index (κ1) is 9.80. The molecule has 13 heavy (non-hydrogen) atoms. The highest BCUT2D eigenvalue weighted by Gasteiger charge is 2.03. The maximum absolute atomic E-state index is 8.94. The van der Waals surface area contributed by atoms with Gasteiger partial charge in [-0.1, -0.05) is 6.92 Å². The minimum Gasteiger partial charge on any atom is -0.397 e. The number of hydrogen-bond donors (Lipinski definition) is 3. The summed E-state index contributed by atoms with van der Waals surface area (Å²) >= 11 is 0. The maximum Gasteiger partial charge on any atom is 0.0632 e. The van der Waals surface area contributed by atoms with Crippen LogP contribution in [0.25, 0.3) is 0 Å². The Hall–Kier alpha value is -1.29. The van der Waals surface area contributed by atoms with Gasteiger partial charge in [0, 0.05) is 12.2 Å². The molecule has 1 aromatic heterocycles. The fourth-order valence-corrected chi connectivity index (χ4v) is 1.05. The van der Waals surface area contributed by atoms with Crippen LogP contribution < -0.4 is 11.1 Å². The summed E-state index contributed by atoms with van der Waals surface area (Å²) in [6.07, 6.45) is 4.14. The van der Waals surface area contributed by atoms with Crippen molar-refractivity contribution in [1.82, 2.24) is 4.98 Å². The molecule has 1 atom stereocenters. The van der Waals surface area contributed by atoms with E-state index in [0.29, 0.717) is 5.69 Å². The quantitative estimate of drug-likeness (QED) is 0.644. The SMILES string of the molecule is CCC(CO)Nc1cncc(N)c1. The Morgan fingerprint density at radius 3 is 2.92 bits per heavy atom. The summed E-state index contributed by atoms with van der Waals surface area (Å²) in [6.45, 7) is 2.12. The van der Waals surface area contributed by atoms with E-state index in [4.69, 9.17) is 10.8 Å². The van der Waals surface area contributed by atoms with Crippen LogP contribution in [-0.2, 0) is 0 Å². The molecule has 0 aliphatic carbocycles. The topological polar surface area (TPSA) is 71.2 Å². The molecule has 0 saturated carbocycles. The van der Waals surface area contributed by atoms with Crippen LogP contribution in [0.3, 0.4) is 0 Å². The normalized spacial score (nSPS) is 12.5. The van der Waals surface area contributed by atoms with Gasteiger partial charge in [0.15, 0.2) is 0 Å². The Kier molecular flexibility index (Phi) is 3.52. The Morgan fingerprint density at radius 2 is 2.38 bits per heavy atom. The summed E-state index contributed by atoms with van der Waals surface area (Å²) < 4.78 is 0. The van der Waals surface area contributed by atoms with Gasteiger partial charge in [0.2, 0.25) is 0 Å². The largest absolute Gasteiger partial charge is 0.397 e. The lowest BCUT2D eigenvalue weighted by atomic mass is 10.2. The number of aliphatic hydroxyl groups is 1. The maximum atomic E-state index is 8.94. The standard InChI is InChI=1S/C9H15N3O/c1-2-8(6-13)12-9-3-7(10)4-11-5-9/h3-5,8,12-13H,2,6,10H2,1H3. The predicted octanol–water partition coefficient (Wildman–Crippen LogP) is 0.847. The van der Waals surface area contributed by atoms with Crippen molar-refractivity contribution in [2.24, 2.45) is 0 Å². The molecule has 0 spiro atoms. The molecule has 0 fully saturated rings. The molecule has 0 aliphatic rings. The minimum absolute atomic E-state index is 0.0728. The molecule has 0 radical (unpaired) electrons. The zero-order chi connectivity index (χ0) is 9.68. The van der Waals surface area contributed by atoms with Gasteiger partial charge in [0.1, 0.15) is 0 Å². The van der Waals surface area contributed by atoms with Gasteiger partial charge in [-0.3, -0.25) is 4.98 Å². The number of nitrogens with two attached hydrogens (primary N) is 1. The third-order valence-corrected chi connectivity index (χ3v) is 1.84. The number of anilines is 2. The summed E-state index contributed by atoms with van der Waals surface area (Å²) in [5.41, 5.74) is 7.02. The van der Waals surface area contributed by atoms with E-state index in [9.17, 15) is 0 Å². The van der Waals surface area contributed by atoms with E-state index < -0.39 is 0 Å². The Morgan fingerprint density at radius 1 is 1.62 bits per heavy atom. The van der Waals surface area contributed by atoms with E-state index in [2.05, 4.69) is 10.3 Å². The van der Waals surface area contributed by atoms with Crippen LogP contribution in [0.2, 0.25) is 0 Å². The van der Waals surface area contributed by atoms with Crippen LogP contribution in [0.4, 0.5) is 11.4 Å². The molecular weight excluding hydrogens is 166 g/mol. The second kappa shape index (κ2) is 4.67. The third-order valence-electron chi connectivity index (χ3n) is 1.84. The minimum atomic E-state index is 0.0728. The number of nitrogens with one attached hydrogen (secondary N) is 1. The average Bonchev–Trinajstić information content (AvgIpc) is 2.14. The molecule has 0 saturated heterocycles. The van der Waals surface area contributed by atoms with Crippen molar-refractivity contribution in [1.29, 1.82) is 0 Å². The summed E-state index contributed by atoms with van der Waals surface area (Å²) in [5.74, 6) is 0. The number of aromatic nitrogens is 1. The van der Waals surface area contributed by atoms with Gasteiger partial charge in [-0.05, 0) is 12.5 Å². The summed E-state index contributed by atoms with van der Waals surface area (Å²) in [6, 6.07) is 1.87. The van der Waals surface area contributed by atoms with Crippen molar-refractivity contribution in [3.8, 4) is 0 Å². The van der Waals surface area contributed by atoms with Crippen LogP contribution in [0.15, 0.2) is 18.5 Å². The van der Waals surface area contributed by atoms with Crippen molar-refractivity contribution >= 4 is 11.4 Å². The second-order valence-electron chi connectivity index (χ2n) is 2.94. The number of nitrogen functional groups attached to an aromatic ring is 1. The number of hydrogen-bond acceptors (Lipinski definition) is 4. The highest BCUT2D eigenvalue weighted by atomic mass is 16.3. The van der Waals surface area contributed by atoms with E-state index in [-0.39, 0.29) is 12.6 Å². The highest BCUT2D eigenvalue weighted by Crippen LogP contribution is 2.11.